The molecule has 1 aromatic heterocycles. The lowest BCUT2D eigenvalue weighted by Gasteiger charge is -2.45. The van der Waals surface area contributed by atoms with Crippen LogP contribution in [-0.2, 0) is 11.3 Å². The molecule has 0 spiro atoms. The molecule has 0 amide bonds. The summed E-state index contributed by atoms with van der Waals surface area (Å²) < 4.78 is 18.2. The highest BCUT2D eigenvalue weighted by molar-refractivity contribution is 6.32. The van der Waals surface area contributed by atoms with Crippen molar-refractivity contribution in [2.75, 3.05) is 19.8 Å². The first-order valence-electron chi connectivity index (χ1n) is 12.7. The first kappa shape index (κ1) is 30.3. The lowest BCUT2D eigenvalue weighted by Crippen LogP contribution is -2.55. The Hall–Kier alpha value is -3.71. The van der Waals surface area contributed by atoms with Gasteiger partial charge in [-0.25, -0.2) is 0 Å². The fourth-order valence-corrected chi connectivity index (χ4v) is 4.95. The molecule has 0 radical (unpaired) electrons. The number of aromatic nitrogens is 1. The molecule has 4 rings (SSSR count). The molecule has 3 aromatic rings. The molecule has 1 heterocycles. The highest BCUT2D eigenvalue weighted by atomic mass is 35.5. The van der Waals surface area contributed by atoms with Gasteiger partial charge in [0, 0.05) is 24.0 Å². The van der Waals surface area contributed by atoms with Crippen molar-refractivity contribution in [2.45, 2.75) is 30.1 Å². The number of carbonyl (C=O) groups excluding carboxylic acids is 1. The third-order valence-corrected chi connectivity index (χ3v) is 7.53. The summed E-state index contributed by atoms with van der Waals surface area (Å²) in [6, 6.07) is 16.2. The Balaban J connectivity index is 1.63. The summed E-state index contributed by atoms with van der Waals surface area (Å²) in [5.74, 6) is 0.420. The van der Waals surface area contributed by atoms with Crippen LogP contribution in [0, 0.1) is 11.3 Å². The standard InChI is InChI=1S/C31H28Cl2N2O6/c1-30(33)26(23-6-3-2-4-7-23)8-5-9-31(30,41-19-25(38)17-37)20-40-29-12-28(24(16-36)11-27(29)32)39-18-22-10-21(13-34)14-35-15-22/h2-12,14-16,25,37-38H,17-20H2,1H3. The van der Waals surface area contributed by atoms with Crippen LogP contribution in [0.2, 0.25) is 5.02 Å². The summed E-state index contributed by atoms with van der Waals surface area (Å²) in [5, 5.41) is 28.7. The number of nitriles is 1. The minimum absolute atomic E-state index is 0.0459. The fourth-order valence-electron chi connectivity index (χ4n) is 4.38. The lowest BCUT2D eigenvalue weighted by atomic mass is 9.76. The van der Waals surface area contributed by atoms with Crippen LogP contribution in [0.5, 0.6) is 11.5 Å². The number of hydrogen-bond acceptors (Lipinski definition) is 8. The molecule has 0 saturated carbocycles. The van der Waals surface area contributed by atoms with E-state index in [9.17, 15) is 15.0 Å². The predicted octanol–water partition coefficient (Wildman–Crippen LogP) is 5.14. The summed E-state index contributed by atoms with van der Waals surface area (Å²) in [6.07, 6.45) is 7.92. The molecule has 0 fully saturated rings. The lowest BCUT2D eigenvalue weighted by molar-refractivity contribution is -0.0905. The first-order valence-corrected chi connectivity index (χ1v) is 13.4. The molecule has 3 unspecified atom stereocenters. The van der Waals surface area contributed by atoms with E-state index in [1.165, 1.54) is 18.3 Å². The Labute approximate surface area is 248 Å². The van der Waals surface area contributed by atoms with Gasteiger partial charge in [-0.3, -0.25) is 9.78 Å². The Kier molecular flexibility index (Phi) is 9.81. The number of carbonyl (C=O) groups is 1. The van der Waals surface area contributed by atoms with E-state index in [1.807, 2.05) is 42.5 Å². The first-order chi connectivity index (χ1) is 19.7. The Morgan fingerprint density at radius 1 is 1.15 bits per heavy atom. The number of halogens is 2. The van der Waals surface area contributed by atoms with Gasteiger partial charge in [0.15, 0.2) is 6.29 Å². The summed E-state index contributed by atoms with van der Waals surface area (Å²) in [5.41, 5.74) is 1.57. The van der Waals surface area contributed by atoms with E-state index in [-0.39, 0.29) is 41.9 Å². The van der Waals surface area contributed by atoms with E-state index in [2.05, 4.69) is 4.98 Å². The van der Waals surface area contributed by atoms with Gasteiger partial charge in [-0.15, -0.1) is 11.6 Å². The number of pyridine rings is 1. The van der Waals surface area contributed by atoms with Gasteiger partial charge in [-0.1, -0.05) is 54.1 Å². The van der Waals surface area contributed by atoms with Gasteiger partial charge in [0.1, 0.15) is 47.4 Å². The van der Waals surface area contributed by atoms with E-state index in [0.717, 1.165) is 11.1 Å². The van der Waals surface area contributed by atoms with Gasteiger partial charge < -0.3 is 24.4 Å². The third-order valence-electron chi connectivity index (χ3n) is 6.71. The topological polar surface area (TPSA) is 122 Å². The zero-order valence-electron chi connectivity index (χ0n) is 22.2. The summed E-state index contributed by atoms with van der Waals surface area (Å²) in [7, 11) is 0. The number of aliphatic hydroxyl groups excluding tert-OH is 2. The van der Waals surface area contributed by atoms with Gasteiger partial charge in [-0.05, 0) is 36.3 Å². The van der Waals surface area contributed by atoms with E-state index >= 15 is 0 Å². The Morgan fingerprint density at radius 2 is 1.93 bits per heavy atom. The molecule has 10 heteroatoms. The van der Waals surface area contributed by atoms with E-state index in [4.69, 9.17) is 42.7 Å². The minimum Gasteiger partial charge on any atom is -0.488 e. The molecule has 3 atom stereocenters. The molecule has 1 aliphatic rings. The molecule has 8 nitrogen and oxygen atoms in total. The second kappa shape index (κ2) is 13.3. The minimum atomic E-state index is -1.30. The van der Waals surface area contributed by atoms with Crippen molar-refractivity contribution in [3.05, 3.63) is 106 Å². The van der Waals surface area contributed by atoms with Crippen LogP contribution in [0.15, 0.2) is 79.2 Å². The molecular formula is C31H28Cl2N2O6. The second-order valence-electron chi connectivity index (χ2n) is 9.55. The molecule has 212 valence electrons. The molecule has 2 N–H and O–H groups in total. The zero-order valence-corrected chi connectivity index (χ0v) is 23.7. The molecule has 1 aliphatic carbocycles. The Bertz CT molecular complexity index is 1490. The van der Waals surface area contributed by atoms with Crippen molar-refractivity contribution in [1.82, 2.24) is 4.98 Å². The highest BCUT2D eigenvalue weighted by Gasteiger charge is 2.51. The van der Waals surface area contributed by atoms with E-state index in [1.54, 1.807) is 31.3 Å². The van der Waals surface area contributed by atoms with Crippen LogP contribution in [0.3, 0.4) is 0 Å². The van der Waals surface area contributed by atoms with Crippen molar-refractivity contribution < 1.29 is 29.2 Å². The van der Waals surface area contributed by atoms with Gasteiger partial charge in [0.05, 0.1) is 29.4 Å². The molecule has 41 heavy (non-hydrogen) atoms. The van der Waals surface area contributed by atoms with E-state index < -0.39 is 23.2 Å². The number of allylic oxidation sites excluding steroid dienone is 2. The van der Waals surface area contributed by atoms with Crippen LogP contribution in [0.1, 0.15) is 34.0 Å². The van der Waals surface area contributed by atoms with Crippen molar-refractivity contribution in [1.29, 1.82) is 5.26 Å². The average Bonchev–Trinajstić information content (AvgIpc) is 2.99. The Morgan fingerprint density at radius 3 is 2.63 bits per heavy atom. The number of aldehydes is 1. The van der Waals surface area contributed by atoms with Crippen molar-refractivity contribution in [3.8, 4) is 17.6 Å². The predicted molar refractivity (Wildman–Crippen MR) is 155 cm³/mol. The normalized spacial score (nSPS) is 20.5. The van der Waals surface area contributed by atoms with Crippen LogP contribution < -0.4 is 9.47 Å². The van der Waals surface area contributed by atoms with Crippen LogP contribution >= 0.6 is 23.2 Å². The van der Waals surface area contributed by atoms with E-state index in [0.29, 0.717) is 17.4 Å². The largest absolute Gasteiger partial charge is 0.488 e. The SMILES string of the molecule is CC1(Cl)C(c2ccccc2)=CC=CC1(COc1cc(OCc2cncc(C#N)c2)c(C=O)cc1Cl)OCC(O)CO. The molecule has 0 saturated heterocycles. The molecule has 2 aromatic carbocycles. The number of aliphatic hydroxyl groups is 2. The van der Waals surface area contributed by atoms with Gasteiger partial charge in [-0.2, -0.15) is 5.26 Å². The van der Waals surface area contributed by atoms with Gasteiger partial charge >= 0.3 is 0 Å². The summed E-state index contributed by atoms with van der Waals surface area (Å²) in [4.78, 5) is 14.6. The maximum Gasteiger partial charge on any atom is 0.153 e. The average molecular weight is 595 g/mol. The maximum absolute atomic E-state index is 11.8. The fraction of sp³-hybridized carbons (Fsp3) is 0.258. The zero-order chi connectivity index (χ0) is 29.5. The number of benzene rings is 2. The van der Waals surface area contributed by atoms with Gasteiger partial charge in [0.2, 0.25) is 0 Å². The summed E-state index contributed by atoms with van der Waals surface area (Å²) >= 11 is 13.7. The van der Waals surface area contributed by atoms with Crippen molar-refractivity contribution in [2.24, 2.45) is 0 Å². The smallest absolute Gasteiger partial charge is 0.153 e. The number of ether oxygens (including phenoxy) is 3. The van der Waals surface area contributed by atoms with Crippen LogP contribution in [0.4, 0.5) is 0 Å². The number of hydrogen-bond donors (Lipinski definition) is 2. The molecule has 0 bridgehead atoms. The molecule has 0 aliphatic heterocycles. The van der Waals surface area contributed by atoms with Crippen molar-refractivity contribution >= 4 is 35.1 Å². The van der Waals surface area contributed by atoms with Crippen LogP contribution in [-0.4, -0.2) is 57.9 Å². The molecular weight excluding hydrogens is 567 g/mol. The summed E-state index contributed by atoms with van der Waals surface area (Å²) in [6.45, 7) is 0.995. The number of rotatable bonds is 12. The number of nitrogens with zero attached hydrogens (tertiary/aromatic N) is 2. The maximum atomic E-state index is 11.8. The van der Waals surface area contributed by atoms with Crippen LogP contribution in [0.25, 0.3) is 5.57 Å². The number of alkyl halides is 1. The highest BCUT2D eigenvalue weighted by Crippen LogP contribution is 2.47. The second-order valence-corrected chi connectivity index (χ2v) is 10.7. The third kappa shape index (κ3) is 6.79. The monoisotopic (exact) mass is 594 g/mol. The quantitative estimate of drug-likeness (QED) is 0.218. The van der Waals surface area contributed by atoms with Gasteiger partial charge in [0.25, 0.3) is 0 Å². The van der Waals surface area contributed by atoms with Crippen molar-refractivity contribution in [3.63, 3.8) is 0 Å².